The number of benzene rings is 3. The largest absolute Gasteiger partial charge is 0.445 e. The molecule has 2 fully saturated rings. The molecule has 2 amide bonds. The fourth-order valence-corrected chi connectivity index (χ4v) is 6.60. The van der Waals surface area contributed by atoms with Crippen LogP contribution in [0.3, 0.4) is 0 Å². The zero-order valence-electron chi connectivity index (χ0n) is 26.0. The van der Waals surface area contributed by atoms with Gasteiger partial charge in [0.25, 0.3) is 5.91 Å². The molecular weight excluding hydrogens is 578 g/mol. The summed E-state index contributed by atoms with van der Waals surface area (Å²) in [6, 6.07) is 24.4. The summed E-state index contributed by atoms with van der Waals surface area (Å²) in [6.45, 7) is 5.39. The molecule has 9 nitrogen and oxygen atoms in total. The first-order chi connectivity index (χ1) is 22.6. The molecule has 2 saturated heterocycles. The summed E-state index contributed by atoms with van der Waals surface area (Å²) in [7, 11) is 0. The van der Waals surface area contributed by atoms with Gasteiger partial charge < -0.3 is 28.4 Å². The molecule has 236 valence electrons. The van der Waals surface area contributed by atoms with Crippen LogP contribution in [0.1, 0.15) is 34.5 Å². The van der Waals surface area contributed by atoms with Crippen molar-refractivity contribution < 1.29 is 19.1 Å². The first-order valence-electron chi connectivity index (χ1n) is 16.1. The van der Waals surface area contributed by atoms with Crippen LogP contribution >= 0.6 is 0 Å². The van der Waals surface area contributed by atoms with E-state index in [0.29, 0.717) is 64.0 Å². The number of carbonyl (C=O) groups excluding carboxylic acids is 2. The van der Waals surface area contributed by atoms with Crippen molar-refractivity contribution in [2.24, 2.45) is 5.92 Å². The zero-order valence-corrected chi connectivity index (χ0v) is 26.0. The van der Waals surface area contributed by atoms with Crippen LogP contribution in [0.4, 0.5) is 4.79 Å². The van der Waals surface area contributed by atoms with Gasteiger partial charge in [-0.1, -0.05) is 72.8 Å². The number of aromatic nitrogens is 3. The van der Waals surface area contributed by atoms with E-state index in [9.17, 15) is 9.59 Å². The van der Waals surface area contributed by atoms with Gasteiger partial charge in [-0.25, -0.2) is 9.78 Å². The Morgan fingerprint density at radius 2 is 1.59 bits per heavy atom. The third kappa shape index (κ3) is 6.55. The van der Waals surface area contributed by atoms with Crippen LogP contribution in [-0.4, -0.2) is 75.3 Å². The number of likely N-dealkylation sites (tertiary alicyclic amines) is 1. The lowest BCUT2D eigenvalue weighted by molar-refractivity contribution is 0.0303. The number of ether oxygens (including phenoxy) is 2. The molecule has 7 rings (SSSR count). The standard InChI is InChI=1S/C37H39N5O4/c43-36(40-17-19-45-20-18-40)35-25-39(24-34(35)33-12-6-10-30-9-4-5-11-32(30)33)23-31-21-38-27-42(31)22-28-13-15-41(16-14-28)37(44)46-26-29-7-2-1-3-8-29/h1-12,21,24-25,27-28H,13-20,22-23,26H2. The van der Waals surface area contributed by atoms with Gasteiger partial charge in [-0.2, -0.15) is 0 Å². The molecule has 2 aliphatic rings. The summed E-state index contributed by atoms with van der Waals surface area (Å²) in [6.07, 6.45) is 9.47. The maximum atomic E-state index is 13.9. The zero-order chi connectivity index (χ0) is 31.3. The first kappa shape index (κ1) is 29.8. The van der Waals surface area contributed by atoms with E-state index in [1.807, 2.05) is 71.0 Å². The highest BCUT2D eigenvalue weighted by atomic mass is 16.6. The van der Waals surface area contributed by atoms with E-state index in [-0.39, 0.29) is 12.0 Å². The summed E-state index contributed by atoms with van der Waals surface area (Å²) in [5, 5.41) is 2.27. The van der Waals surface area contributed by atoms with Crippen LogP contribution in [0, 0.1) is 5.92 Å². The summed E-state index contributed by atoms with van der Waals surface area (Å²) in [5.74, 6) is 0.466. The molecule has 4 heterocycles. The van der Waals surface area contributed by atoms with E-state index in [1.165, 1.54) is 0 Å². The van der Waals surface area contributed by atoms with Crippen LogP contribution in [0.25, 0.3) is 21.9 Å². The fraction of sp³-hybridized carbons (Fsp3) is 0.324. The Kier molecular flexibility index (Phi) is 8.83. The molecule has 0 aliphatic carbocycles. The minimum atomic E-state index is -0.248. The lowest BCUT2D eigenvalue weighted by Crippen LogP contribution is -2.40. The van der Waals surface area contributed by atoms with Gasteiger partial charge in [-0.15, -0.1) is 0 Å². The van der Waals surface area contributed by atoms with Gasteiger partial charge in [0.2, 0.25) is 0 Å². The highest BCUT2D eigenvalue weighted by molar-refractivity contribution is 6.06. The van der Waals surface area contributed by atoms with E-state index < -0.39 is 0 Å². The van der Waals surface area contributed by atoms with E-state index in [2.05, 4.69) is 50.6 Å². The predicted molar refractivity (Wildman–Crippen MR) is 176 cm³/mol. The molecular formula is C37H39N5O4. The molecule has 5 aromatic rings. The van der Waals surface area contributed by atoms with Gasteiger partial charge in [0.1, 0.15) is 6.61 Å². The topological polar surface area (TPSA) is 81.8 Å². The van der Waals surface area contributed by atoms with Gasteiger partial charge in [-0.05, 0) is 40.7 Å². The average molecular weight is 618 g/mol. The van der Waals surface area contributed by atoms with Crippen LogP contribution in [0.15, 0.2) is 97.7 Å². The van der Waals surface area contributed by atoms with Crippen molar-refractivity contribution in [3.05, 3.63) is 115 Å². The smallest absolute Gasteiger partial charge is 0.410 e. The van der Waals surface area contributed by atoms with Crippen LogP contribution in [-0.2, 0) is 29.2 Å². The van der Waals surface area contributed by atoms with Gasteiger partial charge in [0.05, 0.1) is 37.3 Å². The molecule has 0 radical (unpaired) electrons. The highest BCUT2D eigenvalue weighted by Gasteiger charge is 2.26. The maximum absolute atomic E-state index is 13.9. The van der Waals surface area contributed by atoms with Crippen molar-refractivity contribution in [3.63, 3.8) is 0 Å². The lowest BCUT2D eigenvalue weighted by Gasteiger charge is -2.31. The van der Waals surface area contributed by atoms with Gasteiger partial charge in [0.15, 0.2) is 0 Å². The summed E-state index contributed by atoms with van der Waals surface area (Å²) >= 11 is 0. The minimum Gasteiger partial charge on any atom is -0.445 e. The molecule has 2 aromatic heterocycles. The Bertz CT molecular complexity index is 1790. The average Bonchev–Trinajstić information content (AvgIpc) is 3.74. The first-order valence-corrected chi connectivity index (χ1v) is 16.1. The molecule has 46 heavy (non-hydrogen) atoms. The molecule has 0 unspecified atom stereocenters. The molecule has 2 aliphatic heterocycles. The summed E-state index contributed by atoms with van der Waals surface area (Å²) < 4.78 is 15.4. The van der Waals surface area contributed by atoms with Crippen molar-refractivity contribution in [2.75, 3.05) is 39.4 Å². The minimum absolute atomic E-state index is 0.0348. The van der Waals surface area contributed by atoms with E-state index >= 15 is 0 Å². The molecule has 3 aromatic carbocycles. The highest BCUT2D eigenvalue weighted by Crippen LogP contribution is 2.33. The molecule has 0 bridgehead atoms. The van der Waals surface area contributed by atoms with Crippen LogP contribution < -0.4 is 0 Å². The summed E-state index contributed by atoms with van der Waals surface area (Å²) in [4.78, 5) is 34.7. The number of rotatable bonds is 8. The Labute approximate surface area is 269 Å². The van der Waals surface area contributed by atoms with E-state index in [1.54, 1.807) is 0 Å². The molecule has 0 spiro atoms. The number of hydrogen-bond acceptors (Lipinski definition) is 5. The normalized spacial score (nSPS) is 15.7. The number of amides is 2. The van der Waals surface area contributed by atoms with Gasteiger partial charge in [-0.3, -0.25) is 4.79 Å². The molecule has 0 saturated carbocycles. The molecule has 0 N–H and O–H groups in total. The predicted octanol–water partition coefficient (Wildman–Crippen LogP) is 6.07. The Balaban J connectivity index is 1.05. The molecule has 0 atom stereocenters. The monoisotopic (exact) mass is 617 g/mol. The molecule has 9 heteroatoms. The lowest BCUT2D eigenvalue weighted by atomic mass is 9.97. The third-order valence-electron chi connectivity index (χ3n) is 9.16. The van der Waals surface area contributed by atoms with Gasteiger partial charge >= 0.3 is 6.09 Å². The number of imidazole rings is 1. The number of morpholine rings is 1. The second-order valence-corrected chi connectivity index (χ2v) is 12.2. The van der Waals surface area contributed by atoms with Crippen molar-refractivity contribution in [1.29, 1.82) is 0 Å². The number of hydrogen-bond donors (Lipinski definition) is 0. The second kappa shape index (κ2) is 13.6. The summed E-state index contributed by atoms with van der Waals surface area (Å²) in [5.41, 5.74) is 4.76. The number of nitrogens with zero attached hydrogens (tertiary/aromatic N) is 5. The van der Waals surface area contributed by atoms with Crippen molar-refractivity contribution in [3.8, 4) is 11.1 Å². The van der Waals surface area contributed by atoms with Crippen molar-refractivity contribution in [2.45, 2.75) is 32.5 Å². The number of fused-ring (bicyclic) bond motifs is 1. The van der Waals surface area contributed by atoms with Gasteiger partial charge in [0, 0.05) is 56.9 Å². The Morgan fingerprint density at radius 3 is 2.41 bits per heavy atom. The van der Waals surface area contributed by atoms with Crippen molar-refractivity contribution >= 4 is 22.8 Å². The Hall–Kier alpha value is -4.89. The quantitative estimate of drug-likeness (QED) is 0.211. The maximum Gasteiger partial charge on any atom is 0.410 e. The SMILES string of the molecule is O=C(OCc1ccccc1)N1CCC(Cn2cncc2Cn2cc(C(=O)N3CCOCC3)c(-c3cccc4ccccc34)c2)CC1. The Morgan fingerprint density at radius 1 is 0.826 bits per heavy atom. The number of piperidine rings is 1. The second-order valence-electron chi connectivity index (χ2n) is 12.2. The fourth-order valence-electron chi connectivity index (χ4n) is 6.60. The third-order valence-corrected chi connectivity index (χ3v) is 9.16. The van der Waals surface area contributed by atoms with Crippen LogP contribution in [0.2, 0.25) is 0 Å². The van der Waals surface area contributed by atoms with Crippen LogP contribution in [0.5, 0.6) is 0 Å². The van der Waals surface area contributed by atoms with E-state index in [0.717, 1.165) is 52.5 Å². The number of carbonyl (C=O) groups is 2. The van der Waals surface area contributed by atoms with Crippen molar-refractivity contribution in [1.82, 2.24) is 23.9 Å². The van der Waals surface area contributed by atoms with E-state index in [4.69, 9.17) is 9.47 Å².